The molecule has 1 aromatic heterocycles. The van der Waals surface area contributed by atoms with E-state index in [0.29, 0.717) is 22.8 Å². The lowest BCUT2D eigenvalue weighted by Crippen LogP contribution is -1.98. The lowest BCUT2D eigenvalue weighted by atomic mass is 10.2. The molecule has 0 aliphatic heterocycles. The molecule has 94 valence electrons. The van der Waals surface area contributed by atoms with Gasteiger partial charge in [0.25, 0.3) is 0 Å². The molecule has 0 atom stereocenters. The molecule has 2 N–H and O–H groups in total. The fourth-order valence-corrected chi connectivity index (χ4v) is 1.87. The first-order valence-electron chi connectivity index (χ1n) is 5.31. The summed E-state index contributed by atoms with van der Waals surface area (Å²) in [7, 11) is 0. The summed E-state index contributed by atoms with van der Waals surface area (Å²) < 4.78 is 1.46. The first kappa shape index (κ1) is 12.4. The van der Waals surface area contributed by atoms with Crippen molar-refractivity contribution >= 4 is 17.6 Å². The first-order chi connectivity index (χ1) is 8.58. The Morgan fingerprint density at radius 1 is 1.44 bits per heavy atom. The van der Waals surface area contributed by atoms with Crippen LogP contribution in [-0.4, -0.2) is 26.0 Å². The summed E-state index contributed by atoms with van der Waals surface area (Å²) >= 11 is 6.12. The van der Waals surface area contributed by atoms with E-state index in [1.165, 1.54) is 16.9 Å². The molecule has 0 spiro atoms. The summed E-state index contributed by atoms with van der Waals surface area (Å²) in [6.07, 6.45) is 1.87. The maximum Gasteiger partial charge on any atom is 0.303 e. The number of aromatic nitrogens is 2. The second-order valence-electron chi connectivity index (χ2n) is 3.79. The molecule has 0 unspecified atom stereocenters. The van der Waals surface area contributed by atoms with Gasteiger partial charge in [-0.2, -0.15) is 5.10 Å². The minimum atomic E-state index is -0.879. The molecule has 0 aliphatic carbocycles. The van der Waals surface area contributed by atoms with Crippen molar-refractivity contribution in [1.82, 2.24) is 9.78 Å². The fraction of sp³-hybridized carbons (Fsp3) is 0.167. The topological polar surface area (TPSA) is 75.3 Å². The van der Waals surface area contributed by atoms with Crippen LogP contribution in [0.2, 0.25) is 5.15 Å². The van der Waals surface area contributed by atoms with Crippen molar-refractivity contribution in [3.63, 3.8) is 0 Å². The van der Waals surface area contributed by atoms with Crippen molar-refractivity contribution in [2.75, 3.05) is 0 Å². The number of aromatic hydroxyl groups is 1. The van der Waals surface area contributed by atoms with Crippen LogP contribution in [0.5, 0.6) is 5.75 Å². The van der Waals surface area contributed by atoms with Gasteiger partial charge in [0.2, 0.25) is 0 Å². The van der Waals surface area contributed by atoms with E-state index in [2.05, 4.69) is 5.10 Å². The number of carboxylic acids is 1. The maximum absolute atomic E-state index is 10.5. The molecule has 2 rings (SSSR count). The average Bonchev–Trinajstić information content (AvgIpc) is 2.68. The Morgan fingerprint density at radius 3 is 2.89 bits per heavy atom. The van der Waals surface area contributed by atoms with E-state index in [1.54, 1.807) is 18.2 Å². The summed E-state index contributed by atoms with van der Waals surface area (Å²) in [5, 5.41) is 22.5. The Morgan fingerprint density at radius 2 is 2.22 bits per heavy atom. The quantitative estimate of drug-likeness (QED) is 0.890. The largest absolute Gasteiger partial charge is 0.508 e. The highest BCUT2D eigenvalue weighted by Crippen LogP contribution is 2.23. The summed E-state index contributed by atoms with van der Waals surface area (Å²) in [6, 6.07) is 6.51. The van der Waals surface area contributed by atoms with E-state index in [-0.39, 0.29) is 12.2 Å². The van der Waals surface area contributed by atoms with E-state index >= 15 is 0 Å². The van der Waals surface area contributed by atoms with Gasteiger partial charge in [0.15, 0.2) is 0 Å². The molecule has 0 amide bonds. The van der Waals surface area contributed by atoms with Gasteiger partial charge >= 0.3 is 5.97 Å². The van der Waals surface area contributed by atoms with Gasteiger partial charge in [-0.25, -0.2) is 4.68 Å². The Balaban J connectivity index is 2.28. The van der Waals surface area contributed by atoms with Gasteiger partial charge in [-0.3, -0.25) is 4.79 Å². The van der Waals surface area contributed by atoms with Crippen LogP contribution in [0.1, 0.15) is 12.0 Å². The second kappa shape index (κ2) is 5.10. The number of carboxylic acid groups (broad SMARTS) is 1. The average molecular weight is 267 g/mol. The molecular weight excluding hydrogens is 256 g/mol. The van der Waals surface area contributed by atoms with E-state index in [9.17, 15) is 9.90 Å². The first-order valence-corrected chi connectivity index (χ1v) is 5.69. The van der Waals surface area contributed by atoms with Crippen molar-refractivity contribution in [3.8, 4) is 11.4 Å². The molecule has 1 aromatic carbocycles. The zero-order valence-electron chi connectivity index (χ0n) is 9.38. The Bertz CT molecular complexity index is 580. The van der Waals surface area contributed by atoms with Gasteiger partial charge < -0.3 is 10.2 Å². The zero-order chi connectivity index (χ0) is 13.1. The number of aliphatic carboxylic acids is 1. The van der Waals surface area contributed by atoms with Gasteiger partial charge in [0.05, 0.1) is 11.9 Å². The highest BCUT2D eigenvalue weighted by molar-refractivity contribution is 6.30. The fourth-order valence-electron chi connectivity index (χ4n) is 1.58. The molecule has 18 heavy (non-hydrogen) atoms. The van der Waals surface area contributed by atoms with Crippen LogP contribution in [0.3, 0.4) is 0 Å². The van der Waals surface area contributed by atoms with Gasteiger partial charge in [0, 0.05) is 18.1 Å². The number of nitrogens with zero attached hydrogens (tertiary/aromatic N) is 2. The summed E-state index contributed by atoms with van der Waals surface area (Å²) in [5.74, 6) is -0.762. The molecule has 5 nitrogen and oxygen atoms in total. The smallest absolute Gasteiger partial charge is 0.303 e. The van der Waals surface area contributed by atoms with Crippen molar-refractivity contribution < 1.29 is 15.0 Å². The van der Waals surface area contributed by atoms with Crippen molar-refractivity contribution in [1.29, 1.82) is 0 Å². The molecule has 6 heteroatoms. The lowest BCUT2D eigenvalue weighted by molar-refractivity contribution is -0.136. The Kier molecular flexibility index (Phi) is 3.53. The second-order valence-corrected chi connectivity index (χ2v) is 4.14. The number of rotatable bonds is 4. The maximum atomic E-state index is 10.5. The van der Waals surface area contributed by atoms with Crippen LogP contribution in [0.4, 0.5) is 0 Å². The van der Waals surface area contributed by atoms with E-state index in [1.807, 2.05) is 0 Å². The van der Waals surface area contributed by atoms with Gasteiger partial charge in [-0.1, -0.05) is 17.7 Å². The highest BCUT2D eigenvalue weighted by Gasteiger charge is 2.11. The predicted octanol–water partition coefficient (Wildman–Crippen LogP) is 2.25. The monoisotopic (exact) mass is 266 g/mol. The number of hydrogen-bond acceptors (Lipinski definition) is 3. The number of aryl methyl sites for hydroxylation is 1. The molecule has 0 saturated heterocycles. The van der Waals surface area contributed by atoms with Gasteiger partial charge in [0.1, 0.15) is 10.9 Å². The highest BCUT2D eigenvalue weighted by atomic mass is 35.5. The van der Waals surface area contributed by atoms with Crippen LogP contribution >= 0.6 is 11.6 Å². The molecule has 0 radical (unpaired) electrons. The van der Waals surface area contributed by atoms with Crippen LogP contribution in [0, 0.1) is 0 Å². The summed E-state index contributed by atoms with van der Waals surface area (Å²) in [6.45, 7) is 0. The SMILES string of the molecule is O=C(O)CCc1cnn(-c2cccc(O)c2)c1Cl. The molecule has 2 aromatic rings. The number of carbonyl (C=O) groups is 1. The zero-order valence-corrected chi connectivity index (χ0v) is 10.1. The normalized spacial score (nSPS) is 10.5. The van der Waals surface area contributed by atoms with Crippen molar-refractivity contribution in [2.24, 2.45) is 0 Å². The third-order valence-corrected chi connectivity index (χ3v) is 2.87. The third kappa shape index (κ3) is 2.62. The predicted molar refractivity (Wildman–Crippen MR) is 66.2 cm³/mol. The van der Waals surface area contributed by atoms with Gasteiger partial charge in [-0.15, -0.1) is 0 Å². The van der Waals surface area contributed by atoms with E-state index in [0.717, 1.165) is 0 Å². The molecule has 0 fully saturated rings. The lowest BCUT2D eigenvalue weighted by Gasteiger charge is -2.04. The standard InChI is InChI=1S/C12H11ClN2O3/c13-12-8(4-5-11(17)18)7-14-15(12)9-2-1-3-10(16)6-9/h1-3,6-7,16H,4-5H2,(H,17,18). The Hall–Kier alpha value is -2.01. The molecular formula is C12H11ClN2O3. The number of benzene rings is 1. The molecule has 0 bridgehead atoms. The molecule has 0 aliphatic rings. The Labute approximate surface area is 108 Å². The van der Waals surface area contributed by atoms with Crippen molar-refractivity contribution in [2.45, 2.75) is 12.8 Å². The third-order valence-electron chi connectivity index (χ3n) is 2.46. The molecule has 1 heterocycles. The number of hydrogen-bond donors (Lipinski definition) is 2. The number of halogens is 1. The number of phenolic OH excluding ortho intramolecular Hbond substituents is 1. The van der Waals surface area contributed by atoms with E-state index in [4.69, 9.17) is 16.7 Å². The van der Waals surface area contributed by atoms with E-state index < -0.39 is 5.97 Å². The number of phenols is 1. The van der Waals surface area contributed by atoms with Crippen LogP contribution in [0.15, 0.2) is 30.5 Å². The van der Waals surface area contributed by atoms with Crippen LogP contribution in [-0.2, 0) is 11.2 Å². The summed E-state index contributed by atoms with van der Waals surface area (Å²) in [4.78, 5) is 10.5. The van der Waals surface area contributed by atoms with Crippen LogP contribution < -0.4 is 0 Å². The minimum absolute atomic E-state index is 0.00541. The van der Waals surface area contributed by atoms with Crippen molar-refractivity contribution in [3.05, 3.63) is 41.2 Å². The van der Waals surface area contributed by atoms with Gasteiger partial charge in [-0.05, 0) is 18.6 Å². The summed E-state index contributed by atoms with van der Waals surface area (Å²) in [5.41, 5.74) is 1.30. The minimum Gasteiger partial charge on any atom is -0.508 e. The molecule has 0 saturated carbocycles. The van der Waals surface area contributed by atoms with Crippen LogP contribution in [0.25, 0.3) is 5.69 Å².